The summed E-state index contributed by atoms with van der Waals surface area (Å²) in [5, 5.41) is 2.58. The number of hydrogen-bond acceptors (Lipinski definition) is 5. The van der Waals surface area contributed by atoms with E-state index in [1.807, 2.05) is 0 Å². The molecule has 0 aromatic rings. The molecule has 0 spiro atoms. The number of ether oxygens (including phenoxy) is 2. The van der Waals surface area contributed by atoms with Crippen molar-refractivity contribution >= 4 is 12.2 Å². The molecule has 0 atom stereocenters. The molecule has 1 aliphatic rings. The summed E-state index contributed by atoms with van der Waals surface area (Å²) in [6, 6.07) is 0. The molecule has 64 valence electrons. The smallest absolute Gasteiger partial charge is 0.238 e. The van der Waals surface area contributed by atoms with E-state index in [0.29, 0.717) is 11.6 Å². The van der Waals surface area contributed by atoms with Gasteiger partial charge < -0.3 is 9.47 Å². The van der Waals surface area contributed by atoms with Crippen LogP contribution in [0.25, 0.3) is 0 Å². The molecule has 1 heterocycles. The van der Waals surface area contributed by atoms with Gasteiger partial charge in [0.25, 0.3) is 0 Å². The van der Waals surface area contributed by atoms with Crippen molar-refractivity contribution in [2.75, 3.05) is 14.2 Å². The van der Waals surface area contributed by atoms with Crippen LogP contribution in [0.3, 0.4) is 0 Å². The maximum Gasteiger partial charge on any atom is 0.238 e. The highest BCUT2D eigenvalue weighted by molar-refractivity contribution is 5.80. The van der Waals surface area contributed by atoms with Gasteiger partial charge in [-0.05, 0) is 0 Å². The Morgan fingerprint density at radius 2 is 2.25 bits per heavy atom. The number of carbonyl (C=O) groups excluding carboxylic acids is 1. The first-order valence-electron chi connectivity index (χ1n) is 3.20. The van der Waals surface area contributed by atoms with E-state index < -0.39 is 0 Å². The Balaban J connectivity index is 2.93. The minimum atomic E-state index is 0.0765. The molecule has 1 rings (SSSR count). The standard InChI is InChI=1S/C7H8N2O3/c1-11-5-3-8-6(4-10)9-7(5)12-2/h3,9H,1-2H3. The van der Waals surface area contributed by atoms with Crippen molar-refractivity contribution in [1.82, 2.24) is 5.32 Å². The lowest BCUT2D eigenvalue weighted by Gasteiger charge is -2.14. The van der Waals surface area contributed by atoms with E-state index in [2.05, 4.69) is 10.3 Å². The lowest BCUT2D eigenvalue weighted by molar-refractivity contribution is 0.219. The lowest BCUT2D eigenvalue weighted by Crippen LogP contribution is -2.21. The van der Waals surface area contributed by atoms with Gasteiger partial charge in [0.2, 0.25) is 11.7 Å². The van der Waals surface area contributed by atoms with E-state index in [9.17, 15) is 4.79 Å². The third kappa shape index (κ3) is 1.46. The molecule has 1 aliphatic heterocycles. The topological polar surface area (TPSA) is 59.9 Å². The molecule has 0 aliphatic carbocycles. The fourth-order valence-electron chi connectivity index (χ4n) is 0.732. The summed E-state index contributed by atoms with van der Waals surface area (Å²) in [5.74, 6) is 2.47. The van der Waals surface area contributed by atoms with Gasteiger partial charge in [-0.15, -0.1) is 0 Å². The molecule has 5 nitrogen and oxygen atoms in total. The van der Waals surface area contributed by atoms with Gasteiger partial charge in [-0.3, -0.25) is 5.32 Å². The van der Waals surface area contributed by atoms with Gasteiger partial charge in [-0.2, -0.15) is 0 Å². The molecule has 0 bridgehead atoms. The van der Waals surface area contributed by atoms with Crippen LogP contribution in [0.5, 0.6) is 0 Å². The lowest BCUT2D eigenvalue weighted by atomic mass is 10.5. The van der Waals surface area contributed by atoms with Crippen molar-refractivity contribution in [2.45, 2.75) is 0 Å². The summed E-state index contributed by atoms with van der Waals surface area (Å²) in [7, 11) is 2.95. The van der Waals surface area contributed by atoms with E-state index in [1.165, 1.54) is 20.4 Å². The number of aliphatic imine (C=N–C) groups is 1. The largest absolute Gasteiger partial charge is 0.490 e. The van der Waals surface area contributed by atoms with Crippen molar-refractivity contribution in [3.05, 3.63) is 17.5 Å². The Kier molecular flexibility index (Phi) is 2.50. The van der Waals surface area contributed by atoms with Crippen molar-refractivity contribution in [3.8, 4) is 0 Å². The average Bonchev–Trinajstić information content (AvgIpc) is 2.16. The fourth-order valence-corrected chi connectivity index (χ4v) is 0.732. The van der Waals surface area contributed by atoms with E-state index in [4.69, 9.17) is 9.47 Å². The van der Waals surface area contributed by atoms with Crippen molar-refractivity contribution in [2.24, 2.45) is 4.99 Å². The van der Waals surface area contributed by atoms with Gasteiger partial charge in [0.15, 0.2) is 11.7 Å². The van der Waals surface area contributed by atoms with Crippen molar-refractivity contribution in [1.29, 1.82) is 0 Å². The minimum Gasteiger partial charge on any atom is -0.490 e. The Morgan fingerprint density at radius 3 is 2.75 bits per heavy atom. The second-order valence-corrected chi connectivity index (χ2v) is 1.94. The highest BCUT2D eigenvalue weighted by atomic mass is 16.5. The van der Waals surface area contributed by atoms with Gasteiger partial charge >= 0.3 is 0 Å². The molecule has 0 saturated carbocycles. The maximum absolute atomic E-state index is 10.2. The Bertz CT molecular complexity index is 287. The summed E-state index contributed by atoms with van der Waals surface area (Å²) < 4.78 is 9.77. The molecule has 0 aromatic carbocycles. The summed E-state index contributed by atoms with van der Waals surface area (Å²) in [4.78, 5) is 13.9. The van der Waals surface area contributed by atoms with Crippen LogP contribution in [-0.4, -0.2) is 26.4 Å². The molecule has 12 heavy (non-hydrogen) atoms. The quantitative estimate of drug-likeness (QED) is 0.580. The molecular weight excluding hydrogens is 160 g/mol. The second kappa shape index (κ2) is 3.59. The maximum atomic E-state index is 10.2. The van der Waals surface area contributed by atoms with E-state index in [1.54, 1.807) is 5.94 Å². The number of methoxy groups -OCH3 is 2. The van der Waals surface area contributed by atoms with Crippen LogP contribution in [0.1, 0.15) is 0 Å². The zero-order valence-electron chi connectivity index (χ0n) is 6.75. The van der Waals surface area contributed by atoms with E-state index in [0.717, 1.165) is 0 Å². The van der Waals surface area contributed by atoms with Crippen LogP contribution < -0.4 is 5.32 Å². The molecule has 0 unspecified atom stereocenters. The Labute approximate surface area is 69.4 Å². The van der Waals surface area contributed by atoms with Gasteiger partial charge in [0.1, 0.15) is 0 Å². The number of nitrogens with zero attached hydrogens (tertiary/aromatic N) is 1. The number of allylic oxidation sites excluding steroid dienone is 1. The van der Waals surface area contributed by atoms with Crippen LogP contribution in [0.4, 0.5) is 0 Å². The van der Waals surface area contributed by atoms with Gasteiger partial charge in [0.05, 0.1) is 20.4 Å². The molecule has 0 fully saturated rings. The summed E-state index contributed by atoms with van der Waals surface area (Å²) >= 11 is 0. The molecule has 0 radical (unpaired) electrons. The van der Waals surface area contributed by atoms with Gasteiger partial charge in [-0.25, -0.2) is 9.79 Å². The number of rotatable bonds is 2. The predicted octanol–water partition coefficient (Wildman–Crippen LogP) is -0.205. The molecule has 1 N–H and O–H groups in total. The van der Waals surface area contributed by atoms with Gasteiger partial charge in [-0.1, -0.05) is 0 Å². The SMILES string of the molecule is COC1=C(OC)NC(=C=O)N=C1. The van der Waals surface area contributed by atoms with Crippen LogP contribution in [0, 0.1) is 0 Å². The molecule has 0 aromatic heterocycles. The van der Waals surface area contributed by atoms with E-state index in [-0.39, 0.29) is 5.82 Å². The Hall–Kier alpha value is -1.74. The van der Waals surface area contributed by atoms with E-state index >= 15 is 0 Å². The Morgan fingerprint density at radius 1 is 1.50 bits per heavy atom. The highest BCUT2D eigenvalue weighted by Crippen LogP contribution is 2.08. The second-order valence-electron chi connectivity index (χ2n) is 1.94. The minimum absolute atomic E-state index is 0.0765. The monoisotopic (exact) mass is 168 g/mol. The van der Waals surface area contributed by atoms with Crippen molar-refractivity contribution in [3.63, 3.8) is 0 Å². The fraction of sp³-hybridized carbons (Fsp3) is 0.286. The molecule has 0 saturated heterocycles. The van der Waals surface area contributed by atoms with Crippen LogP contribution in [0.15, 0.2) is 22.5 Å². The zero-order chi connectivity index (χ0) is 8.97. The molecule has 0 amide bonds. The van der Waals surface area contributed by atoms with Crippen LogP contribution in [-0.2, 0) is 14.3 Å². The molecule has 5 heteroatoms. The predicted molar refractivity (Wildman–Crippen MR) is 41.9 cm³/mol. The first kappa shape index (κ1) is 8.36. The van der Waals surface area contributed by atoms with Crippen LogP contribution in [0.2, 0.25) is 0 Å². The zero-order valence-corrected chi connectivity index (χ0v) is 6.75. The number of nitrogens with one attached hydrogen (secondary N) is 1. The number of hydrogen-bond donors (Lipinski definition) is 1. The summed E-state index contributed by atoms with van der Waals surface area (Å²) in [5.41, 5.74) is 0. The molecular formula is C7H8N2O3. The first-order valence-corrected chi connectivity index (χ1v) is 3.20. The summed E-state index contributed by atoms with van der Waals surface area (Å²) in [6.45, 7) is 0. The van der Waals surface area contributed by atoms with Gasteiger partial charge in [0, 0.05) is 0 Å². The normalized spacial score (nSPS) is 15.3. The highest BCUT2D eigenvalue weighted by Gasteiger charge is 2.12. The van der Waals surface area contributed by atoms with Crippen molar-refractivity contribution < 1.29 is 14.3 Å². The average molecular weight is 168 g/mol. The third-order valence-corrected chi connectivity index (χ3v) is 1.29. The van der Waals surface area contributed by atoms with Crippen LogP contribution >= 0.6 is 0 Å². The summed E-state index contributed by atoms with van der Waals surface area (Å²) in [6.07, 6.45) is 1.38. The first-order chi connectivity index (χ1) is 5.81. The third-order valence-electron chi connectivity index (χ3n) is 1.29.